The van der Waals surface area contributed by atoms with E-state index in [9.17, 15) is 4.79 Å². The van der Waals surface area contributed by atoms with Gasteiger partial charge in [0.25, 0.3) is 0 Å². The van der Waals surface area contributed by atoms with Gasteiger partial charge in [0.1, 0.15) is 5.52 Å². The maximum absolute atomic E-state index is 11.3. The van der Waals surface area contributed by atoms with Gasteiger partial charge in [-0.1, -0.05) is 24.3 Å². The lowest BCUT2D eigenvalue weighted by molar-refractivity contribution is -0.103. The number of aldehydes is 1. The summed E-state index contributed by atoms with van der Waals surface area (Å²) in [6.45, 7) is 0. The van der Waals surface area contributed by atoms with Crippen LogP contribution < -0.4 is 5.32 Å². The molecule has 104 valence electrons. The SMILES string of the molecule is O=C/C(=C\Nc1ccccc1Br)c1nc2ccccc2o1. The summed E-state index contributed by atoms with van der Waals surface area (Å²) in [7, 11) is 0. The summed E-state index contributed by atoms with van der Waals surface area (Å²) in [5, 5.41) is 3.07. The minimum Gasteiger partial charge on any atom is -0.436 e. The molecule has 1 heterocycles. The molecule has 0 spiro atoms. The Balaban J connectivity index is 1.92. The Morgan fingerprint density at radius 3 is 2.67 bits per heavy atom. The molecule has 0 unspecified atom stereocenters. The average Bonchev–Trinajstić information content (AvgIpc) is 2.93. The largest absolute Gasteiger partial charge is 0.436 e. The van der Waals surface area contributed by atoms with Crippen LogP contribution in [0.15, 0.2) is 63.6 Å². The molecule has 3 rings (SSSR count). The molecule has 21 heavy (non-hydrogen) atoms. The Kier molecular flexibility index (Phi) is 3.83. The van der Waals surface area contributed by atoms with Gasteiger partial charge in [0, 0.05) is 10.7 Å². The van der Waals surface area contributed by atoms with Crippen LogP contribution in [0.2, 0.25) is 0 Å². The van der Waals surface area contributed by atoms with Gasteiger partial charge >= 0.3 is 0 Å². The van der Waals surface area contributed by atoms with Crippen molar-refractivity contribution in [1.82, 2.24) is 4.98 Å². The van der Waals surface area contributed by atoms with E-state index in [0.717, 1.165) is 15.7 Å². The Morgan fingerprint density at radius 1 is 1.14 bits per heavy atom. The van der Waals surface area contributed by atoms with Crippen molar-refractivity contribution in [3.8, 4) is 0 Å². The van der Waals surface area contributed by atoms with E-state index < -0.39 is 0 Å². The fraction of sp³-hybridized carbons (Fsp3) is 0. The normalized spacial score (nSPS) is 11.6. The average molecular weight is 343 g/mol. The molecule has 0 saturated carbocycles. The van der Waals surface area contributed by atoms with Gasteiger partial charge in [-0.25, -0.2) is 4.98 Å². The summed E-state index contributed by atoms with van der Waals surface area (Å²) in [5.41, 5.74) is 2.58. The smallest absolute Gasteiger partial charge is 0.232 e. The number of allylic oxidation sites excluding steroid dienone is 1. The lowest BCUT2D eigenvalue weighted by Crippen LogP contribution is -1.94. The number of oxazole rings is 1. The summed E-state index contributed by atoms with van der Waals surface area (Å²) in [4.78, 5) is 15.6. The number of benzene rings is 2. The molecule has 0 atom stereocenters. The van der Waals surface area contributed by atoms with Crippen molar-refractivity contribution in [3.05, 3.63) is 65.1 Å². The molecule has 0 fully saturated rings. The van der Waals surface area contributed by atoms with Crippen LogP contribution in [0.3, 0.4) is 0 Å². The van der Waals surface area contributed by atoms with Gasteiger partial charge in [-0.15, -0.1) is 0 Å². The Bertz CT molecular complexity index is 791. The molecule has 5 heteroatoms. The number of para-hydroxylation sites is 3. The van der Waals surface area contributed by atoms with Crippen LogP contribution in [-0.4, -0.2) is 11.3 Å². The summed E-state index contributed by atoms with van der Waals surface area (Å²) in [5.74, 6) is 0.297. The number of carbonyl (C=O) groups is 1. The molecule has 0 bridgehead atoms. The second-order valence-electron chi connectivity index (χ2n) is 4.33. The van der Waals surface area contributed by atoms with E-state index in [0.29, 0.717) is 23.3 Å². The van der Waals surface area contributed by atoms with Crippen LogP contribution in [-0.2, 0) is 4.79 Å². The number of hydrogen-bond acceptors (Lipinski definition) is 4. The van der Waals surface area contributed by atoms with E-state index in [-0.39, 0.29) is 0 Å². The van der Waals surface area contributed by atoms with E-state index in [2.05, 4.69) is 26.2 Å². The van der Waals surface area contributed by atoms with Crippen molar-refractivity contribution < 1.29 is 9.21 Å². The summed E-state index contributed by atoms with van der Waals surface area (Å²) in [6, 6.07) is 15.0. The van der Waals surface area contributed by atoms with Crippen LogP contribution in [0.5, 0.6) is 0 Å². The molecule has 3 aromatic rings. The highest BCUT2D eigenvalue weighted by molar-refractivity contribution is 9.10. The number of nitrogens with one attached hydrogen (secondary N) is 1. The predicted molar refractivity (Wildman–Crippen MR) is 85.8 cm³/mol. The van der Waals surface area contributed by atoms with Gasteiger partial charge in [-0.3, -0.25) is 4.79 Å². The number of carbonyl (C=O) groups excluding carboxylic acids is 1. The number of aromatic nitrogens is 1. The van der Waals surface area contributed by atoms with Gasteiger partial charge in [-0.05, 0) is 40.2 Å². The molecule has 0 amide bonds. The standard InChI is InChI=1S/C16H11BrN2O2/c17-12-5-1-2-6-13(12)18-9-11(10-20)16-19-14-7-3-4-8-15(14)21-16/h1-10,18H/b11-9+. The minimum absolute atomic E-state index is 0.297. The molecule has 1 aromatic heterocycles. The van der Waals surface area contributed by atoms with E-state index in [1.165, 1.54) is 0 Å². The van der Waals surface area contributed by atoms with E-state index >= 15 is 0 Å². The summed E-state index contributed by atoms with van der Waals surface area (Å²) < 4.78 is 6.48. The van der Waals surface area contributed by atoms with Gasteiger partial charge in [0.15, 0.2) is 11.9 Å². The summed E-state index contributed by atoms with van der Waals surface area (Å²) in [6.07, 6.45) is 2.30. The molecule has 0 aliphatic heterocycles. The molecular formula is C16H11BrN2O2. The minimum atomic E-state index is 0.297. The number of fused-ring (bicyclic) bond motifs is 1. The van der Waals surface area contributed by atoms with Crippen molar-refractivity contribution >= 4 is 44.6 Å². The first-order chi connectivity index (χ1) is 10.3. The number of nitrogens with zero attached hydrogens (tertiary/aromatic N) is 1. The van der Waals surface area contributed by atoms with Crippen LogP contribution >= 0.6 is 15.9 Å². The van der Waals surface area contributed by atoms with Crippen molar-refractivity contribution in [3.63, 3.8) is 0 Å². The third-order valence-corrected chi connectivity index (χ3v) is 3.62. The highest BCUT2D eigenvalue weighted by atomic mass is 79.9. The van der Waals surface area contributed by atoms with E-state index in [1.54, 1.807) is 6.20 Å². The second-order valence-corrected chi connectivity index (χ2v) is 5.18. The Morgan fingerprint density at radius 2 is 1.90 bits per heavy atom. The predicted octanol–water partition coefficient (Wildman–Crippen LogP) is 4.24. The van der Waals surface area contributed by atoms with Crippen LogP contribution in [0.25, 0.3) is 16.7 Å². The van der Waals surface area contributed by atoms with E-state index in [4.69, 9.17) is 4.42 Å². The fourth-order valence-corrected chi connectivity index (χ4v) is 2.27. The lowest BCUT2D eigenvalue weighted by atomic mass is 10.3. The van der Waals surface area contributed by atoms with Crippen LogP contribution in [0.4, 0.5) is 5.69 Å². The quantitative estimate of drug-likeness (QED) is 0.569. The third kappa shape index (κ3) is 2.87. The number of hydrogen-bond donors (Lipinski definition) is 1. The van der Waals surface area contributed by atoms with Gasteiger partial charge in [0.05, 0.1) is 11.3 Å². The maximum Gasteiger partial charge on any atom is 0.232 e. The molecule has 0 radical (unpaired) electrons. The second kappa shape index (κ2) is 5.93. The topological polar surface area (TPSA) is 55.1 Å². The third-order valence-electron chi connectivity index (χ3n) is 2.92. The van der Waals surface area contributed by atoms with Crippen LogP contribution in [0, 0.1) is 0 Å². The zero-order valence-corrected chi connectivity index (χ0v) is 12.5. The monoisotopic (exact) mass is 342 g/mol. The maximum atomic E-state index is 11.3. The molecule has 0 saturated heterocycles. The van der Waals surface area contributed by atoms with Crippen molar-refractivity contribution in [1.29, 1.82) is 0 Å². The zero-order chi connectivity index (χ0) is 14.7. The molecule has 2 aromatic carbocycles. The molecular weight excluding hydrogens is 332 g/mol. The van der Waals surface area contributed by atoms with E-state index in [1.807, 2.05) is 48.5 Å². The first-order valence-corrected chi connectivity index (χ1v) is 7.09. The highest BCUT2D eigenvalue weighted by Crippen LogP contribution is 2.23. The fourth-order valence-electron chi connectivity index (χ4n) is 1.88. The van der Waals surface area contributed by atoms with Gasteiger partial charge in [0.2, 0.25) is 5.89 Å². The lowest BCUT2D eigenvalue weighted by Gasteiger charge is -2.03. The van der Waals surface area contributed by atoms with Crippen molar-refractivity contribution in [2.45, 2.75) is 0 Å². The molecule has 1 N–H and O–H groups in total. The summed E-state index contributed by atoms with van der Waals surface area (Å²) >= 11 is 3.43. The number of anilines is 1. The number of halogens is 1. The molecule has 4 nitrogen and oxygen atoms in total. The number of rotatable bonds is 4. The first-order valence-electron chi connectivity index (χ1n) is 6.30. The van der Waals surface area contributed by atoms with Crippen molar-refractivity contribution in [2.24, 2.45) is 0 Å². The first kappa shape index (κ1) is 13.6. The molecule has 0 aliphatic rings. The Labute approximate surface area is 129 Å². The zero-order valence-electron chi connectivity index (χ0n) is 10.9. The van der Waals surface area contributed by atoms with Crippen molar-refractivity contribution in [2.75, 3.05) is 5.32 Å². The van der Waals surface area contributed by atoms with Gasteiger partial charge in [-0.2, -0.15) is 0 Å². The molecule has 0 aliphatic carbocycles. The Hall–Kier alpha value is -2.40. The van der Waals surface area contributed by atoms with Gasteiger partial charge < -0.3 is 9.73 Å². The van der Waals surface area contributed by atoms with Crippen LogP contribution in [0.1, 0.15) is 5.89 Å². The highest BCUT2D eigenvalue weighted by Gasteiger charge is 2.10.